The third-order valence-electron chi connectivity index (χ3n) is 3.51. The summed E-state index contributed by atoms with van der Waals surface area (Å²) in [6.45, 7) is 1.84. The van der Waals surface area contributed by atoms with Gasteiger partial charge in [-0.15, -0.1) is 17.0 Å². The molecular formula is C22H24BrO2P. The second kappa shape index (κ2) is 12.4. The Kier molecular flexibility index (Phi) is 10.5. The monoisotopic (exact) mass is 430 g/mol. The van der Waals surface area contributed by atoms with Crippen LogP contribution in [0.5, 0.6) is 0 Å². The Morgan fingerprint density at radius 1 is 0.731 bits per heavy atom. The van der Waals surface area contributed by atoms with E-state index in [9.17, 15) is 4.79 Å². The lowest BCUT2D eigenvalue weighted by atomic mass is 10.4. The summed E-state index contributed by atoms with van der Waals surface area (Å²) in [7, 11) is -0.446. The van der Waals surface area contributed by atoms with Crippen LogP contribution in [-0.4, -0.2) is 11.1 Å². The van der Waals surface area contributed by atoms with Gasteiger partial charge in [0, 0.05) is 6.42 Å². The molecule has 0 saturated carbocycles. The fourth-order valence-corrected chi connectivity index (χ4v) is 4.70. The molecule has 0 heterocycles. The van der Waals surface area contributed by atoms with E-state index in [0.717, 1.165) is 6.42 Å². The van der Waals surface area contributed by atoms with E-state index in [-0.39, 0.29) is 17.0 Å². The van der Waals surface area contributed by atoms with Crippen molar-refractivity contribution < 1.29 is 9.90 Å². The average molecular weight is 431 g/mol. The Hall–Kier alpha value is -1.96. The number of carboxylic acids is 1. The van der Waals surface area contributed by atoms with Crippen molar-refractivity contribution in [3.8, 4) is 0 Å². The fourth-order valence-electron chi connectivity index (χ4n) is 2.39. The molecule has 0 bridgehead atoms. The Morgan fingerprint density at radius 2 is 1.04 bits per heavy atom. The van der Waals surface area contributed by atoms with Crippen molar-refractivity contribution in [2.24, 2.45) is 0 Å². The molecule has 0 aliphatic heterocycles. The molecule has 136 valence electrons. The van der Waals surface area contributed by atoms with Gasteiger partial charge in [-0.2, -0.15) is 0 Å². The van der Waals surface area contributed by atoms with Crippen LogP contribution < -0.4 is 15.9 Å². The summed E-state index contributed by atoms with van der Waals surface area (Å²) in [5, 5.41) is 12.1. The number of halogens is 1. The van der Waals surface area contributed by atoms with Gasteiger partial charge in [-0.3, -0.25) is 4.79 Å². The summed E-state index contributed by atoms with van der Waals surface area (Å²) in [5.74, 6) is -0.711. The lowest BCUT2D eigenvalue weighted by Crippen LogP contribution is -2.20. The molecule has 2 nitrogen and oxygen atoms in total. The molecule has 0 aliphatic rings. The first-order chi connectivity index (χ1) is 12.2. The summed E-state index contributed by atoms with van der Waals surface area (Å²) < 4.78 is 0. The smallest absolute Gasteiger partial charge is 0.303 e. The maximum Gasteiger partial charge on any atom is 0.303 e. The number of rotatable bonds is 5. The molecule has 0 spiro atoms. The summed E-state index contributed by atoms with van der Waals surface area (Å²) in [5.41, 5.74) is 0. The number of carbonyl (C=O) groups is 1. The van der Waals surface area contributed by atoms with Gasteiger partial charge in [0.05, 0.1) is 0 Å². The molecule has 0 fully saturated rings. The molecule has 0 saturated heterocycles. The predicted molar refractivity (Wildman–Crippen MR) is 118 cm³/mol. The molecule has 0 radical (unpaired) electrons. The Balaban J connectivity index is 0.000000422. The van der Waals surface area contributed by atoms with Crippen LogP contribution in [0.3, 0.4) is 0 Å². The zero-order valence-corrected chi connectivity index (χ0v) is 17.4. The van der Waals surface area contributed by atoms with Crippen molar-refractivity contribution in [2.75, 3.05) is 0 Å². The lowest BCUT2D eigenvalue weighted by molar-refractivity contribution is -0.137. The van der Waals surface area contributed by atoms with E-state index >= 15 is 0 Å². The maximum atomic E-state index is 9.60. The minimum atomic E-state index is -0.711. The van der Waals surface area contributed by atoms with Gasteiger partial charge in [0.25, 0.3) is 0 Å². The number of aliphatic carboxylic acids is 1. The van der Waals surface area contributed by atoms with Gasteiger partial charge in [0.1, 0.15) is 0 Å². The Labute approximate surface area is 167 Å². The molecule has 0 amide bonds. The zero-order chi connectivity index (χ0) is 17.9. The minimum Gasteiger partial charge on any atom is -0.481 e. The van der Waals surface area contributed by atoms with Crippen molar-refractivity contribution in [3.05, 3.63) is 91.0 Å². The predicted octanol–water partition coefficient (Wildman–Crippen LogP) is 4.89. The topological polar surface area (TPSA) is 37.3 Å². The van der Waals surface area contributed by atoms with Crippen molar-refractivity contribution in [3.63, 3.8) is 0 Å². The molecule has 3 rings (SSSR count). The van der Waals surface area contributed by atoms with E-state index in [1.165, 1.54) is 15.9 Å². The number of hydrogen-bond acceptors (Lipinski definition) is 1. The van der Waals surface area contributed by atoms with Crippen LogP contribution in [0.4, 0.5) is 0 Å². The highest BCUT2D eigenvalue weighted by Gasteiger charge is 2.14. The van der Waals surface area contributed by atoms with E-state index in [1.807, 2.05) is 6.92 Å². The van der Waals surface area contributed by atoms with Gasteiger partial charge in [-0.25, -0.2) is 0 Å². The van der Waals surface area contributed by atoms with E-state index in [4.69, 9.17) is 5.11 Å². The molecule has 0 aliphatic carbocycles. The van der Waals surface area contributed by atoms with Gasteiger partial charge < -0.3 is 5.11 Å². The van der Waals surface area contributed by atoms with Crippen molar-refractivity contribution >= 4 is 46.8 Å². The van der Waals surface area contributed by atoms with Crippen LogP contribution in [0.15, 0.2) is 91.0 Å². The van der Waals surface area contributed by atoms with Crippen molar-refractivity contribution in [1.82, 2.24) is 0 Å². The highest BCUT2D eigenvalue weighted by Crippen LogP contribution is 2.32. The number of carboxylic acid groups (broad SMARTS) is 1. The number of hydrogen-bond donors (Lipinski definition) is 1. The second-order valence-corrected chi connectivity index (χ2v) is 7.71. The molecule has 1 N–H and O–H groups in total. The molecule has 4 heteroatoms. The summed E-state index contributed by atoms with van der Waals surface area (Å²) in [6.07, 6.45) is 1.02. The largest absolute Gasteiger partial charge is 0.481 e. The van der Waals surface area contributed by atoms with Crippen LogP contribution in [0.1, 0.15) is 19.8 Å². The van der Waals surface area contributed by atoms with E-state index in [0.29, 0.717) is 6.42 Å². The van der Waals surface area contributed by atoms with Crippen LogP contribution in [-0.2, 0) is 4.79 Å². The first kappa shape index (κ1) is 22.1. The van der Waals surface area contributed by atoms with E-state index in [1.54, 1.807) is 0 Å². The van der Waals surface area contributed by atoms with Crippen LogP contribution in [0.2, 0.25) is 0 Å². The van der Waals surface area contributed by atoms with Crippen molar-refractivity contribution in [1.29, 1.82) is 0 Å². The lowest BCUT2D eigenvalue weighted by Gasteiger charge is -2.18. The Morgan fingerprint density at radius 3 is 1.23 bits per heavy atom. The molecular weight excluding hydrogens is 407 g/mol. The fraction of sp³-hybridized carbons (Fsp3) is 0.136. The summed E-state index contributed by atoms with van der Waals surface area (Å²) in [4.78, 5) is 9.60. The SMILES string of the molecule is Br.CCCC(=O)O.c1ccc(P(c2ccccc2)c2ccccc2)cc1. The molecule has 0 atom stereocenters. The third-order valence-corrected chi connectivity index (χ3v) is 5.95. The minimum absolute atomic E-state index is 0. The summed E-state index contributed by atoms with van der Waals surface area (Å²) in [6, 6.07) is 32.3. The van der Waals surface area contributed by atoms with Crippen molar-refractivity contribution in [2.45, 2.75) is 19.8 Å². The highest BCUT2D eigenvalue weighted by atomic mass is 79.9. The zero-order valence-electron chi connectivity index (χ0n) is 14.8. The van der Waals surface area contributed by atoms with Crippen LogP contribution in [0.25, 0.3) is 0 Å². The van der Waals surface area contributed by atoms with Gasteiger partial charge in [-0.05, 0) is 30.3 Å². The molecule has 0 aromatic heterocycles. The van der Waals surface area contributed by atoms with Crippen LogP contribution in [0, 0.1) is 0 Å². The van der Waals surface area contributed by atoms with Gasteiger partial charge in [-0.1, -0.05) is 97.9 Å². The molecule has 26 heavy (non-hydrogen) atoms. The first-order valence-corrected chi connectivity index (χ1v) is 9.73. The second-order valence-electron chi connectivity index (χ2n) is 5.49. The third kappa shape index (κ3) is 7.11. The van der Waals surface area contributed by atoms with Gasteiger partial charge in [0.2, 0.25) is 0 Å². The molecule has 3 aromatic rings. The highest BCUT2D eigenvalue weighted by molar-refractivity contribution is 8.93. The average Bonchev–Trinajstić information content (AvgIpc) is 2.65. The van der Waals surface area contributed by atoms with E-state index < -0.39 is 13.9 Å². The van der Waals surface area contributed by atoms with Gasteiger partial charge in [0.15, 0.2) is 0 Å². The first-order valence-electron chi connectivity index (χ1n) is 8.39. The maximum absolute atomic E-state index is 9.60. The van der Waals surface area contributed by atoms with Gasteiger partial charge >= 0.3 is 5.97 Å². The normalized spacial score (nSPS) is 9.62. The number of benzene rings is 3. The summed E-state index contributed by atoms with van der Waals surface area (Å²) >= 11 is 0. The van der Waals surface area contributed by atoms with Crippen LogP contribution >= 0.6 is 24.9 Å². The quantitative estimate of drug-likeness (QED) is 0.584. The molecule has 3 aromatic carbocycles. The standard InChI is InChI=1S/C18H15P.C4H8O2.BrH/c1-4-10-16(11-5-1)19(17-12-6-2-7-13-17)18-14-8-3-9-15-18;1-2-3-4(5)6;/h1-15H;2-3H2,1H3,(H,5,6);1H. The Bertz CT molecular complexity index is 655. The molecule has 0 unspecified atom stereocenters. The van der Waals surface area contributed by atoms with E-state index in [2.05, 4.69) is 91.0 Å².